The van der Waals surface area contributed by atoms with Crippen LogP contribution < -0.4 is 0 Å². The quantitative estimate of drug-likeness (QED) is 0.638. The van der Waals surface area contributed by atoms with E-state index in [0.29, 0.717) is 5.92 Å². The third-order valence-electron chi connectivity index (χ3n) is 2.76. The van der Waals surface area contributed by atoms with Crippen molar-refractivity contribution in [3.63, 3.8) is 0 Å². The summed E-state index contributed by atoms with van der Waals surface area (Å²) in [7, 11) is 0. The highest BCUT2D eigenvalue weighted by atomic mass is 15.1. The van der Waals surface area contributed by atoms with Crippen LogP contribution in [0.15, 0.2) is 30.3 Å². The molecule has 0 radical (unpaired) electrons. The maximum absolute atomic E-state index is 5.41. The number of terminal acetylenes is 1. The highest BCUT2D eigenvalue weighted by Gasteiger charge is 2.19. The highest BCUT2D eigenvalue weighted by molar-refractivity contribution is 5.15. The Balaban J connectivity index is 1.91. The molecule has 0 spiro atoms. The average molecular weight is 185 g/mol. The van der Waals surface area contributed by atoms with Crippen molar-refractivity contribution in [3.8, 4) is 12.3 Å². The summed E-state index contributed by atoms with van der Waals surface area (Å²) in [5.41, 5.74) is 1.38. The number of benzene rings is 1. The molecule has 72 valence electrons. The first-order valence-electron chi connectivity index (χ1n) is 5.11. The summed E-state index contributed by atoms with van der Waals surface area (Å²) in [5, 5.41) is 0. The second kappa shape index (κ2) is 4.30. The molecule has 1 aliphatic rings. The van der Waals surface area contributed by atoms with Gasteiger partial charge in [0.25, 0.3) is 0 Å². The lowest BCUT2D eigenvalue weighted by atomic mass is 10.1. The van der Waals surface area contributed by atoms with Crippen molar-refractivity contribution in [1.29, 1.82) is 0 Å². The molecule has 0 unspecified atom stereocenters. The molecule has 1 fully saturated rings. The first-order valence-corrected chi connectivity index (χ1v) is 5.11. The fraction of sp³-hybridized carbons (Fsp3) is 0.385. The zero-order chi connectivity index (χ0) is 9.80. The average Bonchev–Trinajstić information content (AvgIpc) is 2.67. The van der Waals surface area contributed by atoms with Gasteiger partial charge in [-0.1, -0.05) is 30.3 Å². The number of likely N-dealkylation sites (tertiary alicyclic amines) is 1. The summed E-state index contributed by atoms with van der Waals surface area (Å²) in [5.74, 6) is 3.31. The van der Waals surface area contributed by atoms with Crippen molar-refractivity contribution in [1.82, 2.24) is 4.90 Å². The summed E-state index contributed by atoms with van der Waals surface area (Å²) < 4.78 is 0. The Labute approximate surface area is 85.7 Å². The summed E-state index contributed by atoms with van der Waals surface area (Å²) >= 11 is 0. The molecule has 1 aromatic rings. The minimum absolute atomic E-state index is 0.471. The standard InChI is InChI=1S/C13H15N/c1-2-12-8-9-14(10-12)11-13-6-4-3-5-7-13/h1,3-7,12H,8-11H2/t12-/m0/s1. The molecule has 0 aromatic heterocycles. The Kier molecular flexibility index (Phi) is 2.86. The number of rotatable bonds is 2. The zero-order valence-electron chi connectivity index (χ0n) is 8.32. The van der Waals surface area contributed by atoms with Gasteiger partial charge < -0.3 is 0 Å². The molecule has 1 heterocycles. The van der Waals surface area contributed by atoms with Crippen molar-refractivity contribution in [2.75, 3.05) is 13.1 Å². The van der Waals surface area contributed by atoms with Crippen LogP contribution in [0.3, 0.4) is 0 Å². The SMILES string of the molecule is C#C[C@H]1CCN(Cc2ccccc2)C1. The maximum Gasteiger partial charge on any atom is 0.0339 e. The molecule has 1 heteroatoms. The second-order valence-electron chi connectivity index (χ2n) is 3.87. The van der Waals surface area contributed by atoms with Crippen molar-refractivity contribution >= 4 is 0 Å². The molecule has 1 nitrogen and oxygen atoms in total. The van der Waals surface area contributed by atoms with E-state index in [0.717, 1.165) is 26.1 Å². The summed E-state index contributed by atoms with van der Waals surface area (Å²) in [6.45, 7) is 3.24. The Bertz CT molecular complexity index is 323. The smallest absolute Gasteiger partial charge is 0.0339 e. The van der Waals surface area contributed by atoms with Gasteiger partial charge in [0.2, 0.25) is 0 Å². The fourth-order valence-corrected chi connectivity index (χ4v) is 1.95. The van der Waals surface area contributed by atoms with Crippen molar-refractivity contribution < 1.29 is 0 Å². The molecule has 1 aromatic carbocycles. The van der Waals surface area contributed by atoms with Crippen LogP contribution in [0.2, 0.25) is 0 Å². The summed E-state index contributed by atoms with van der Waals surface area (Å²) in [6.07, 6.45) is 6.57. The lowest BCUT2D eigenvalue weighted by Gasteiger charge is -2.14. The van der Waals surface area contributed by atoms with E-state index in [1.165, 1.54) is 5.56 Å². The normalized spacial score (nSPS) is 22.1. The number of hydrogen-bond donors (Lipinski definition) is 0. The first-order chi connectivity index (χ1) is 6.88. The van der Waals surface area contributed by atoms with Gasteiger partial charge in [-0.2, -0.15) is 0 Å². The van der Waals surface area contributed by atoms with Crippen LogP contribution in [0.25, 0.3) is 0 Å². The molecule has 0 amide bonds. The Morgan fingerprint density at radius 1 is 1.36 bits per heavy atom. The summed E-state index contributed by atoms with van der Waals surface area (Å²) in [4.78, 5) is 2.43. The van der Waals surface area contributed by atoms with Crippen molar-refractivity contribution in [3.05, 3.63) is 35.9 Å². The lowest BCUT2D eigenvalue weighted by molar-refractivity contribution is 0.325. The maximum atomic E-state index is 5.41. The molecule has 0 aliphatic carbocycles. The van der Waals surface area contributed by atoms with Crippen LogP contribution in [0.4, 0.5) is 0 Å². The van der Waals surface area contributed by atoms with E-state index in [1.807, 2.05) is 0 Å². The zero-order valence-corrected chi connectivity index (χ0v) is 8.32. The van der Waals surface area contributed by atoms with Crippen molar-refractivity contribution in [2.24, 2.45) is 5.92 Å². The van der Waals surface area contributed by atoms with E-state index < -0.39 is 0 Å². The Morgan fingerprint density at radius 3 is 2.79 bits per heavy atom. The third kappa shape index (κ3) is 2.16. The molecule has 14 heavy (non-hydrogen) atoms. The van der Waals surface area contributed by atoms with Gasteiger partial charge in [-0.15, -0.1) is 12.3 Å². The van der Waals surface area contributed by atoms with E-state index >= 15 is 0 Å². The van der Waals surface area contributed by atoms with Crippen molar-refractivity contribution in [2.45, 2.75) is 13.0 Å². The Hall–Kier alpha value is -1.26. The predicted molar refractivity (Wildman–Crippen MR) is 58.7 cm³/mol. The molecule has 0 bridgehead atoms. The van der Waals surface area contributed by atoms with Crippen LogP contribution in [0, 0.1) is 18.3 Å². The summed E-state index contributed by atoms with van der Waals surface area (Å²) in [6, 6.07) is 10.6. The molecule has 1 saturated heterocycles. The van der Waals surface area contributed by atoms with Crippen LogP contribution >= 0.6 is 0 Å². The van der Waals surface area contributed by atoms with Gasteiger partial charge in [0.15, 0.2) is 0 Å². The predicted octanol–water partition coefficient (Wildman–Crippen LogP) is 2.14. The van der Waals surface area contributed by atoms with Gasteiger partial charge in [0, 0.05) is 19.0 Å². The van der Waals surface area contributed by atoms with Gasteiger partial charge in [-0.3, -0.25) is 4.90 Å². The molecule has 0 saturated carbocycles. The van der Waals surface area contributed by atoms with Crippen LogP contribution in [-0.4, -0.2) is 18.0 Å². The molecule has 1 aliphatic heterocycles. The second-order valence-corrected chi connectivity index (χ2v) is 3.87. The van der Waals surface area contributed by atoms with Crippen LogP contribution in [0.1, 0.15) is 12.0 Å². The monoisotopic (exact) mass is 185 g/mol. The van der Waals surface area contributed by atoms with Crippen LogP contribution in [0.5, 0.6) is 0 Å². The third-order valence-corrected chi connectivity index (χ3v) is 2.76. The van der Waals surface area contributed by atoms with Gasteiger partial charge >= 0.3 is 0 Å². The molecule has 1 atom stereocenters. The highest BCUT2D eigenvalue weighted by Crippen LogP contribution is 2.17. The lowest BCUT2D eigenvalue weighted by Crippen LogP contribution is -2.19. The van der Waals surface area contributed by atoms with E-state index in [9.17, 15) is 0 Å². The van der Waals surface area contributed by atoms with Crippen LogP contribution in [-0.2, 0) is 6.54 Å². The Morgan fingerprint density at radius 2 is 2.14 bits per heavy atom. The van der Waals surface area contributed by atoms with E-state index in [2.05, 4.69) is 41.2 Å². The minimum atomic E-state index is 0.471. The molecule has 0 N–H and O–H groups in total. The van der Waals surface area contributed by atoms with E-state index in [4.69, 9.17) is 6.42 Å². The van der Waals surface area contributed by atoms with Gasteiger partial charge in [0.1, 0.15) is 0 Å². The molecular formula is C13H15N. The molecule has 2 rings (SSSR count). The first kappa shape index (κ1) is 9.30. The largest absolute Gasteiger partial charge is 0.298 e. The van der Waals surface area contributed by atoms with E-state index in [1.54, 1.807) is 0 Å². The van der Waals surface area contributed by atoms with Gasteiger partial charge in [-0.05, 0) is 18.5 Å². The number of hydrogen-bond acceptors (Lipinski definition) is 1. The number of nitrogens with zero attached hydrogens (tertiary/aromatic N) is 1. The minimum Gasteiger partial charge on any atom is -0.298 e. The molecular weight excluding hydrogens is 170 g/mol. The van der Waals surface area contributed by atoms with E-state index in [-0.39, 0.29) is 0 Å². The van der Waals surface area contributed by atoms with Gasteiger partial charge in [0.05, 0.1) is 0 Å². The van der Waals surface area contributed by atoms with Gasteiger partial charge in [-0.25, -0.2) is 0 Å². The fourth-order valence-electron chi connectivity index (χ4n) is 1.95. The topological polar surface area (TPSA) is 3.24 Å².